The number of hydrogen-bond donors (Lipinski definition) is 2. The number of nitrogens with one attached hydrogen (secondary N) is 2. The number of rotatable bonds is 6. The van der Waals surface area contributed by atoms with E-state index in [0.717, 1.165) is 32.6 Å². The van der Waals surface area contributed by atoms with E-state index in [9.17, 15) is 4.79 Å². The van der Waals surface area contributed by atoms with Crippen molar-refractivity contribution in [2.24, 2.45) is 5.92 Å². The molecule has 15 heavy (non-hydrogen) atoms. The number of nitrogens with zero attached hydrogens (tertiary/aromatic N) is 1. The minimum absolute atomic E-state index is 0.0781. The Hall–Kier alpha value is -0.770. The lowest BCUT2D eigenvalue weighted by Gasteiger charge is -2.22. The maximum Gasteiger partial charge on any atom is 0.317 e. The summed E-state index contributed by atoms with van der Waals surface area (Å²) in [5, 5.41) is 6.30. The van der Waals surface area contributed by atoms with E-state index in [4.69, 9.17) is 0 Å². The highest BCUT2D eigenvalue weighted by molar-refractivity contribution is 5.76. The number of urea groups is 1. The van der Waals surface area contributed by atoms with Crippen molar-refractivity contribution in [3.63, 3.8) is 0 Å². The molecule has 1 saturated heterocycles. The van der Waals surface area contributed by atoms with Gasteiger partial charge in [0.15, 0.2) is 0 Å². The minimum Gasteiger partial charge on any atom is -0.336 e. The van der Waals surface area contributed by atoms with Crippen LogP contribution >= 0.6 is 0 Å². The molecule has 1 aliphatic rings. The van der Waals surface area contributed by atoms with E-state index in [0.29, 0.717) is 12.0 Å². The van der Waals surface area contributed by atoms with Crippen molar-refractivity contribution in [1.82, 2.24) is 15.5 Å². The normalized spacial score (nSPS) is 18.4. The van der Waals surface area contributed by atoms with Gasteiger partial charge in [0, 0.05) is 32.2 Å². The van der Waals surface area contributed by atoms with Crippen LogP contribution in [-0.4, -0.2) is 43.2 Å². The summed E-state index contributed by atoms with van der Waals surface area (Å²) in [5.74, 6) is 0.655. The lowest BCUT2D eigenvalue weighted by atomic mass is 10.0. The number of amides is 2. The van der Waals surface area contributed by atoms with E-state index in [1.807, 2.05) is 4.90 Å². The second kappa shape index (κ2) is 5.95. The number of carbonyl (C=O) groups is 1. The minimum atomic E-state index is 0.0781. The Balaban J connectivity index is 2.17. The van der Waals surface area contributed by atoms with Gasteiger partial charge in [0.25, 0.3) is 0 Å². The predicted octanol–water partition coefficient (Wildman–Crippen LogP) is 1.04. The Labute approximate surface area is 92.4 Å². The monoisotopic (exact) mass is 213 g/mol. The van der Waals surface area contributed by atoms with Crippen LogP contribution in [0.4, 0.5) is 4.79 Å². The molecule has 1 unspecified atom stereocenters. The van der Waals surface area contributed by atoms with Crippen molar-refractivity contribution < 1.29 is 4.79 Å². The molecule has 2 N–H and O–H groups in total. The predicted molar refractivity (Wildman–Crippen MR) is 61.9 cm³/mol. The van der Waals surface area contributed by atoms with Gasteiger partial charge in [-0.3, -0.25) is 0 Å². The fourth-order valence-electron chi connectivity index (χ4n) is 1.96. The third-order valence-electron chi connectivity index (χ3n) is 2.98. The lowest BCUT2D eigenvalue weighted by Crippen LogP contribution is -2.40. The van der Waals surface area contributed by atoms with Gasteiger partial charge in [0.2, 0.25) is 0 Å². The molecular weight excluding hydrogens is 190 g/mol. The average molecular weight is 213 g/mol. The summed E-state index contributed by atoms with van der Waals surface area (Å²) in [6.45, 7) is 9.99. The standard InChI is InChI=1S/C11H23N3O/c1-4-10(9(2)3)12-5-7-14-8-6-13-11(14)15/h9-10,12H,4-8H2,1-3H3,(H,13,15). The molecular formula is C11H23N3O. The van der Waals surface area contributed by atoms with Gasteiger partial charge in [-0.15, -0.1) is 0 Å². The molecule has 0 radical (unpaired) electrons. The van der Waals surface area contributed by atoms with Crippen LogP contribution in [0, 0.1) is 5.92 Å². The van der Waals surface area contributed by atoms with E-state index in [-0.39, 0.29) is 6.03 Å². The summed E-state index contributed by atoms with van der Waals surface area (Å²) >= 11 is 0. The van der Waals surface area contributed by atoms with Gasteiger partial charge in [-0.05, 0) is 12.3 Å². The van der Waals surface area contributed by atoms with Crippen LogP contribution < -0.4 is 10.6 Å². The van der Waals surface area contributed by atoms with Gasteiger partial charge in [-0.2, -0.15) is 0 Å². The first-order chi connectivity index (χ1) is 7.15. The van der Waals surface area contributed by atoms with E-state index < -0.39 is 0 Å². The summed E-state index contributed by atoms with van der Waals surface area (Å²) in [6.07, 6.45) is 1.14. The molecule has 1 atom stereocenters. The summed E-state index contributed by atoms with van der Waals surface area (Å²) in [5.41, 5.74) is 0. The Morgan fingerprint density at radius 3 is 2.73 bits per heavy atom. The van der Waals surface area contributed by atoms with Crippen LogP contribution in [0.1, 0.15) is 27.2 Å². The molecule has 0 aromatic carbocycles. The largest absolute Gasteiger partial charge is 0.336 e. The van der Waals surface area contributed by atoms with Crippen LogP contribution in [0.5, 0.6) is 0 Å². The van der Waals surface area contributed by atoms with Crippen molar-refractivity contribution in [2.75, 3.05) is 26.2 Å². The Morgan fingerprint density at radius 2 is 2.27 bits per heavy atom. The number of hydrogen-bond acceptors (Lipinski definition) is 2. The smallest absolute Gasteiger partial charge is 0.317 e. The molecule has 1 rings (SSSR count). The fourth-order valence-corrected chi connectivity index (χ4v) is 1.96. The molecule has 4 heteroatoms. The van der Waals surface area contributed by atoms with Gasteiger partial charge in [-0.1, -0.05) is 20.8 Å². The van der Waals surface area contributed by atoms with Gasteiger partial charge < -0.3 is 15.5 Å². The van der Waals surface area contributed by atoms with Crippen LogP contribution in [0.3, 0.4) is 0 Å². The molecule has 1 heterocycles. The summed E-state index contributed by atoms with van der Waals surface area (Å²) < 4.78 is 0. The quantitative estimate of drug-likeness (QED) is 0.692. The first kappa shape index (κ1) is 12.3. The van der Waals surface area contributed by atoms with Crippen molar-refractivity contribution in [1.29, 1.82) is 0 Å². The van der Waals surface area contributed by atoms with Gasteiger partial charge in [0.1, 0.15) is 0 Å². The molecule has 4 nitrogen and oxygen atoms in total. The molecule has 0 spiro atoms. The average Bonchev–Trinajstić information content (AvgIpc) is 2.58. The van der Waals surface area contributed by atoms with Crippen LogP contribution in [0.15, 0.2) is 0 Å². The summed E-state index contributed by atoms with van der Waals surface area (Å²) in [4.78, 5) is 13.1. The van der Waals surface area contributed by atoms with Gasteiger partial charge >= 0.3 is 6.03 Å². The van der Waals surface area contributed by atoms with Crippen molar-refractivity contribution in [3.05, 3.63) is 0 Å². The Bertz CT molecular complexity index is 206. The lowest BCUT2D eigenvalue weighted by molar-refractivity contribution is 0.216. The van der Waals surface area contributed by atoms with E-state index >= 15 is 0 Å². The molecule has 0 aromatic rings. The zero-order chi connectivity index (χ0) is 11.3. The summed E-state index contributed by atoms with van der Waals surface area (Å²) in [6, 6.07) is 0.644. The van der Waals surface area contributed by atoms with E-state index in [1.54, 1.807) is 0 Å². The summed E-state index contributed by atoms with van der Waals surface area (Å²) in [7, 11) is 0. The SMILES string of the molecule is CCC(NCCN1CCNC1=O)C(C)C. The Kier molecular flexibility index (Phi) is 4.88. The first-order valence-electron chi connectivity index (χ1n) is 5.91. The molecule has 0 aromatic heterocycles. The van der Waals surface area contributed by atoms with Crippen LogP contribution in [-0.2, 0) is 0 Å². The van der Waals surface area contributed by atoms with Gasteiger partial charge in [0.05, 0.1) is 0 Å². The maximum atomic E-state index is 11.2. The number of carbonyl (C=O) groups excluding carboxylic acids is 1. The van der Waals surface area contributed by atoms with Crippen molar-refractivity contribution in [3.8, 4) is 0 Å². The Morgan fingerprint density at radius 1 is 1.53 bits per heavy atom. The zero-order valence-corrected chi connectivity index (χ0v) is 10.0. The highest BCUT2D eigenvalue weighted by Gasteiger charge is 2.19. The molecule has 0 saturated carbocycles. The van der Waals surface area contributed by atoms with Crippen LogP contribution in [0.2, 0.25) is 0 Å². The highest BCUT2D eigenvalue weighted by atomic mass is 16.2. The second-order valence-electron chi connectivity index (χ2n) is 4.43. The third-order valence-corrected chi connectivity index (χ3v) is 2.98. The van der Waals surface area contributed by atoms with E-state index in [1.165, 1.54) is 0 Å². The van der Waals surface area contributed by atoms with Crippen molar-refractivity contribution >= 4 is 6.03 Å². The molecule has 2 amide bonds. The molecule has 0 aliphatic carbocycles. The first-order valence-corrected chi connectivity index (χ1v) is 5.91. The zero-order valence-electron chi connectivity index (χ0n) is 10.0. The van der Waals surface area contributed by atoms with Crippen molar-refractivity contribution in [2.45, 2.75) is 33.2 Å². The molecule has 0 bridgehead atoms. The fraction of sp³-hybridized carbons (Fsp3) is 0.909. The second-order valence-corrected chi connectivity index (χ2v) is 4.43. The van der Waals surface area contributed by atoms with Crippen LogP contribution in [0.25, 0.3) is 0 Å². The molecule has 1 aliphatic heterocycles. The maximum absolute atomic E-state index is 11.2. The highest BCUT2D eigenvalue weighted by Crippen LogP contribution is 2.04. The molecule has 88 valence electrons. The van der Waals surface area contributed by atoms with E-state index in [2.05, 4.69) is 31.4 Å². The molecule has 1 fully saturated rings. The topological polar surface area (TPSA) is 44.4 Å². The van der Waals surface area contributed by atoms with Gasteiger partial charge in [-0.25, -0.2) is 4.79 Å². The third kappa shape index (κ3) is 3.70.